The van der Waals surface area contributed by atoms with E-state index in [1.54, 1.807) is 11.1 Å². The van der Waals surface area contributed by atoms with Gasteiger partial charge in [0, 0.05) is 17.2 Å². The second-order valence-electron chi connectivity index (χ2n) is 5.49. The number of carbonyl (C=O) groups is 1. The number of likely N-dealkylation sites (N-methyl/N-ethyl adjacent to an activating group) is 1. The third-order valence-electron chi connectivity index (χ3n) is 3.49. The van der Waals surface area contributed by atoms with Gasteiger partial charge >= 0.3 is 0 Å². The van der Waals surface area contributed by atoms with E-state index < -0.39 is 0 Å². The number of aromatic nitrogens is 1. The number of halogens is 1. The van der Waals surface area contributed by atoms with E-state index in [1.807, 2.05) is 37.3 Å². The summed E-state index contributed by atoms with van der Waals surface area (Å²) in [6, 6.07) is 11.5. The highest BCUT2D eigenvalue weighted by molar-refractivity contribution is 9.10. The van der Waals surface area contributed by atoms with Crippen molar-refractivity contribution in [1.82, 2.24) is 4.98 Å². The van der Waals surface area contributed by atoms with Gasteiger partial charge in [-0.3, -0.25) is 9.69 Å². The average molecular weight is 377 g/mol. The summed E-state index contributed by atoms with van der Waals surface area (Å²) in [7, 11) is 0. The van der Waals surface area contributed by atoms with Crippen LogP contribution in [0.1, 0.15) is 32.3 Å². The summed E-state index contributed by atoms with van der Waals surface area (Å²) in [5, 5.41) is 0. The largest absolute Gasteiger partial charge is 0.484 e. The normalized spacial score (nSPS) is 10.7. The number of benzene rings is 1. The molecule has 0 aliphatic rings. The number of amides is 1. The molecule has 0 aliphatic carbocycles. The van der Waals surface area contributed by atoms with Crippen molar-refractivity contribution in [3.8, 4) is 5.75 Å². The molecule has 5 heteroatoms. The second kappa shape index (κ2) is 8.11. The van der Waals surface area contributed by atoms with Crippen LogP contribution in [-0.4, -0.2) is 24.0 Å². The molecule has 0 fully saturated rings. The van der Waals surface area contributed by atoms with Crippen LogP contribution in [0.15, 0.2) is 47.1 Å². The van der Waals surface area contributed by atoms with Gasteiger partial charge in [-0.15, -0.1) is 0 Å². The van der Waals surface area contributed by atoms with E-state index in [1.165, 1.54) is 5.56 Å². The van der Waals surface area contributed by atoms with Crippen molar-refractivity contribution >= 4 is 27.7 Å². The second-order valence-corrected chi connectivity index (χ2v) is 6.40. The first kappa shape index (κ1) is 17.5. The Morgan fingerprint density at radius 3 is 2.70 bits per heavy atom. The lowest BCUT2D eigenvalue weighted by molar-refractivity contribution is -0.120. The number of pyridine rings is 1. The molecule has 1 aromatic carbocycles. The smallest absolute Gasteiger partial charge is 0.266 e. The zero-order chi connectivity index (χ0) is 16.8. The van der Waals surface area contributed by atoms with Crippen molar-refractivity contribution in [3.63, 3.8) is 0 Å². The number of hydrogen-bond acceptors (Lipinski definition) is 3. The topological polar surface area (TPSA) is 42.4 Å². The van der Waals surface area contributed by atoms with Crippen LogP contribution in [0.3, 0.4) is 0 Å². The Kier molecular flexibility index (Phi) is 6.16. The van der Waals surface area contributed by atoms with Crippen molar-refractivity contribution in [2.75, 3.05) is 18.1 Å². The number of nitrogens with zero attached hydrogens (tertiary/aromatic N) is 2. The molecule has 2 rings (SSSR count). The summed E-state index contributed by atoms with van der Waals surface area (Å²) >= 11 is 3.34. The van der Waals surface area contributed by atoms with Crippen LogP contribution in [0.5, 0.6) is 5.75 Å². The minimum Gasteiger partial charge on any atom is -0.484 e. The monoisotopic (exact) mass is 376 g/mol. The van der Waals surface area contributed by atoms with E-state index in [2.05, 4.69) is 40.8 Å². The van der Waals surface area contributed by atoms with E-state index in [9.17, 15) is 4.79 Å². The molecule has 1 aromatic heterocycles. The molecule has 0 unspecified atom stereocenters. The molecule has 23 heavy (non-hydrogen) atoms. The highest BCUT2D eigenvalue weighted by Gasteiger charge is 2.15. The van der Waals surface area contributed by atoms with Crippen molar-refractivity contribution in [1.29, 1.82) is 0 Å². The van der Waals surface area contributed by atoms with E-state index in [4.69, 9.17) is 4.74 Å². The molecule has 4 nitrogen and oxygen atoms in total. The van der Waals surface area contributed by atoms with Crippen molar-refractivity contribution in [2.45, 2.75) is 26.7 Å². The van der Waals surface area contributed by atoms with E-state index in [-0.39, 0.29) is 12.5 Å². The van der Waals surface area contributed by atoms with Crippen LogP contribution in [-0.2, 0) is 4.79 Å². The van der Waals surface area contributed by atoms with Gasteiger partial charge in [-0.1, -0.05) is 26.0 Å². The first-order valence-electron chi connectivity index (χ1n) is 7.66. The fourth-order valence-corrected chi connectivity index (χ4v) is 2.41. The lowest BCUT2D eigenvalue weighted by atomic mass is 10.0. The van der Waals surface area contributed by atoms with Gasteiger partial charge in [0.25, 0.3) is 5.91 Å². The Balaban J connectivity index is 2.02. The van der Waals surface area contributed by atoms with Crippen molar-refractivity contribution < 1.29 is 9.53 Å². The number of anilines is 1. The molecular formula is C18H21BrN2O2. The SMILES string of the molecule is CCN(C(=O)COc1cccc(C(C)C)c1)c1ccc(Br)cn1. The lowest BCUT2D eigenvalue weighted by Crippen LogP contribution is -2.35. The van der Waals surface area contributed by atoms with Gasteiger partial charge in [0.15, 0.2) is 6.61 Å². The molecule has 122 valence electrons. The Morgan fingerprint density at radius 2 is 2.09 bits per heavy atom. The Morgan fingerprint density at radius 1 is 1.30 bits per heavy atom. The zero-order valence-electron chi connectivity index (χ0n) is 13.6. The number of hydrogen-bond donors (Lipinski definition) is 0. The number of carbonyl (C=O) groups excluding carboxylic acids is 1. The van der Waals surface area contributed by atoms with Gasteiger partial charge in [-0.2, -0.15) is 0 Å². The molecule has 0 saturated heterocycles. The highest BCUT2D eigenvalue weighted by Crippen LogP contribution is 2.20. The van der Waals surface area contributed by atoms with Gasteiger partial charge in [-0.05, 0) is 58.6 Å². The van der Waals surface area contributed by atoms with Gasteiger partial charge in [-0.25, -0.2) is 4.98 Å². The molecule has 1 amide bonds. The molecule has 0 radical (unpaired) electrons. The maximum Gasteiger partial charge on any atom is 0.266 e. The van der Waals surface area contributed by atoms with E-state index >= 15 is 0 Å². The Hall–Kier alpha value is -1.88. The molecule has 2 aromatic rings. The van der Waals surface area contributed by atoms with Gasteiger partial charge in [0.05, 0.1) is 0 Å². The standard InChI is InChI=1S/C18H21BrN2O2/c1-4-21(17-9-8-15(19)11-20-17)18(22)12-23-16-7-5-6-14(10-16)13(2)3/h5-11,13H,4,12H2,1-3H3. The summed E-state index contributed by atoms with van der Waals surface area (Å²) in [6.45, 7) is 6.71. The van der Waals surface area contributed by atoms with Crippen LogP contribution in [0.25, 0.3) is 0 Å². The molecular weight excluding hydrogens is 356 g/mol. The molecule has 0 bridgehead atoms. The minimum atomic E-state index is -0.114. The lowest BCUT2D eigenvalue weighted by Gasteiger charge is -2.20. The van der Waals surface area contributed by atoms with Crippen LogP contribution >= 0.6 is 15.9 Å². The fraction of sp³-hybridized carbons (Fsp3) is 0.333. The zero-order valence-corrected chi connectivity index (χ0v) is 15.2. The molecule has 0 aliphatic heterocycles. The highest BCUT2D eigenvalue weighted by atomic mass is 79.9. The number of ether oxygens (including phenoxy) is 1. The first-order valence-corrected chi connectivity index (χ1v) is 8.45. The predicted octanol–water partition coefficient (Wildman–Crippen LogP) is 4.40. The van der Waals surface area contributed by atoms with Crippen LogP contribution in [0.4, 0.5) is 5.82 Å². The summed E-state index contributed by atoms with van der Waals surface area (Å²) in [4.78, 5) is 18.3. The van der Waals surface area contributed by atoms with Crippen LogP contribution < -0.4 is 9.64 Å². The third-order valence-corrected chi connectivity index (χ3v) is 3.96. The van der Waals surface area contributed by atoms with Gasteiger partial charge < -0.3 is 4.74 Å². The summed E-state index contributed by atoms with van der Waals surface area (Å²) < 4.78 is 6.54. The Labute approximate surface area is 145 Å². The first-order chi connectivity index (χ1) is 11.0. The van der Waals surface area contributed by atoms with Gasteiger partial charge in [0.1, 0.15) is 11.6 Å². The summed E-state index contributed by atoms with van der Waals surface area (Å²) in [5.74, 6) is 1.65. The third kappa shape index (κ3) is 4.79. The Bertz CT molecular complexity index is 656. The van der Waals surface area contributed by atoms with Crippen molar-refractivity contribution in [3.05, 3.63) is 52.6 Å². The maximum atomic E-state index is 12.4. The van der Waals surface area contributed by atoms with Crippen LogP contribution in [0, 0.1) is 0 Å². The quantitative estimate of drug-likeness (QED) is 0.750. The average Bonchev–Trinajstić information content (AvgIpc) is 2.55. The van der Waals surface area contributed by atoms with E-state index in [0.29, 0.717) is 24.0 Å². The molecule has 0 spiro atoms. The molecule has 0 saturated carbocycles. The number of rotatable bonds is 6. The fourth-order valence-electron chi connectivity index (χ4n) is 2.18. The van der Waals surface area contributed by atoms with Gasteiger partial charge in [0.2, 0.25) is 0 Å². The van der Waals surface area contributed by atoms with Crippen LogP contribution in [0.2, 0.25) is 0 Å². The predicted molar refractivity (Wildman–Crippen MR) is 96.0 cm³/mol. The van der Waals surface area contributed by atoms with E-state index in [0.717, 1.165) is 4.47 Å². The molecule has 0 atom stereocenters. The molecule has 0 N–H and O–H groups in total. The molecule has 1 heterocycles. The minimum absolute atomic E-state index is 0.00681. The summed E-state index contributed by atoms with van der Waals surface area (Å²) in [5.41, 5.74) is 1.19. The van der Waals surface area contributed by atoms with Crippen molar-refractivity contribution in [2.24, 2.45) is 0 Å². The maximum absolute atomic E-state index is 12.4. The summed E-state index contributed by atoms with van der Waals surface area (Å²) in [6.07, 6.45) is 1.68.